The van der Waals surface area contributed by atoms with Crippen molar-refractivity contribution in [2.24, 2.45) is 0 Å². The van der Waals surface area contributed by atoms with E-state index in [1.807, 2.05) is 6.07 Å². The van der Waals surface area contributed by atoms with Crippen LogP contribution in [0.4, 0.5) is 0 Å². The molecule has 0 radical (unpaired) electrons. The van der Waals surface area contributed by atoms with Gasteiger partial charge in [-0.3, -0.25) is 0 Å². The van der Waals surface area contributed by atoms with E-state index in [0.29, 0.717) is 6.04 Å². The highest BCUT2D eigenvalue weighted by Gasteiger charge is 2.23. The van der Waals surface area contributed by atoms with E-state index in [2.05, 4.69) is 32.2 Å². The Kier molecular flexibility index (Phi) is 3.00. The lowest BCUT2D eigenvalue weighted by Gasteiger charge is -2.14. The second-order valence-corrected chi connectivity index (χ2v) is 6.04. The summed E-state index contributed by atoms with van der Waals surface area (Å²) in [6.45, 7) is 1.86. The Morgan fingerprint density at radius 3 is 3.20 bits per heavy atom. The fraction of sp³-hybridized carbons (Fsp3) is 0.467. The number of hydrogen-bond donors (Lipinski definition) is 1. The predicted molar refractivity (Wildman–Crippen MR) is 77.7 cm³/mol. The Hall–Kier alpha value is -1.39. The van der Waals surface area contributed by atoms with Gasteiger partial charge in [-0.2, -0.15) is 0 Å². The van der Waals surface area contributed by atoms with Crippen molar-refractivity contribution in [1.82, 2.24) is 20.1 Å². The molecule has 4 nitrogen and oxygen atoms in total. The summed E-state index contributed by atoms with van der Waals surface area (Å²) in [5.41, 5.74) is 2.76. The highest BCUT2D eigenvalue weighted by atomic mass is 35.5. The van der Waals surface area contributed by atoms with E-state index in [0.717, 1.165) is 49.0 Å². The lowest BCUT2D eigenvalue weighted by Crippen LogP contribution is -2.21. The molecule has 0 saturated carbocycles. The molecule has 0 amide bonds. The fourth-order valence-electron chi connectivity index (χ4n) is 3.35. The summed E-state index contributed by atoms with van der Waals surface area (Å²) in [7, 11) is 0. The minimum atomic E-state index is 0.414. The van der Waals surface area contributed by atoms with Crippen LogP contribution >= 0.6 is 11.6 Å². The Balaban J connectivity index is 1.49. The normalized spacial score (nSPS) is 20.1. The number of benzene rings is 1. The first-order valence-corrected chi connectivity index (χ1v) is 7.62. The molecule has 1 aliphatic heterocycles. The van der Waals surface area contributed by atoms with Gasteiger partial charge in [0.2, 0.25) is 0 Å². The third kappa shape index (κ3) is 2.03. The monoisotopic (exact) mass is 288 g/mol. The highest BCUT2D eigenvalue weighted by Crippen LogP contribution is 2.33. The SMILES string of the molecule is Clc1ccc2c(c1)CC[C@@H]2NCc1nnc2n1CCC2. The zero-order chi connectivity index (χ0) is 13.5. The molecule has 0 saturated heterocycles. The molecule has 2 heterocycles. The largest absolute Gasteiger partial charge is 0.314 e. The van der Waals surface area contributed by atoms with Crippen LogP contribution in [0.5, 0.6) is 0 Å². The number of rotatable bonds is 3. The topological polar surface area (TPSA) is 42.7 Å². The van der Waals surface area contributed by atoms with Crippen molar-refractivity contribution in [1.29, 1.82) is 0 Å². The third-order valence-electron chi connectivity index (χ3n) is 4.38. The van der Waals surface area contributed by atoms with E-state index in [4.69, 9.17) is 11.6 Å². The summed E-state index contributed by atoms with van der Waals surface area (Å²) in [5.74, 6) is 2.21. The van der Waals surface area contributed by atoms with Gasteiger partial charge in [0.1, 0.15) is 11.6 Å². The molecule has 4 rings (SSSR count). The van der Waals surface area contributed by atoms with Crippen LogP contribution in [-0.4, -0.2) is 14.8 Å². The van der Waals surface area contributed by atoms with Gasteiger partial charge in [0.05, 0.1) is 6.54 Å². The van der Waals surface area contributed by atoms with Gasteiger partial charge in [-0.1, -0.05) is 17.7 Å². The first-order chi connectivity index (χ1) is 9.81. The van der Waals surface area contributed by atoms with Crippen molar-refractivity contribution in [3.8, 4) is 0 Å². The minimum absolute atomic E-state index is 0.414. The molecule has 1 aliphatic carbocycles. The molecule has 0 fully saturated rings. The molecule has 2 aromatic rings. The van der Waals surface area contributed by atoms with Crippen molar-refractivity contribution in [2.45, 2.75) is 44.8 Å². The first-order valence-electron chi connectivity index (χ1n) is 7.24. The van der Waals surface area contributed by atoms with Crippen molar-refractivity contribution < 1.29 is 0 Å². The highest BCUT2D eigenvalue weighted by molar-refractivity contribution is 6.30. The lowest BCUT2D eigenvalue weighted by atomic mass is 10.1. The third-order valence-corrected chi connectivity index (χ3v) is 4.61. The van der Waals surface area contributed by atoms with E-state index in [-0.39, 0.29) is 0 Å². The Morgan fingerprint density at radius 1 is 1.30 bits per heavy atom. The van der Waals surface area contributed by atoms with E-state index in [9.17, 15) is 0 Å². The van der Waals surface area contributed by atoms with Crippen molar-refractivity contribution >= 4 is 11.6 Å². The van der Waals surface area contributed by atoms with Crippen molar-refractivity contribution in [3.63, 3.8) is 0 Å². The molecule has 0 bridgehead atoms. The molecule has 104 valence electrons. The van der Waals surface area contributed by atoms with Crippen molar-refractivity contribution in [3.05, 3.63) is 46.0 Å². The lowest BCUT2D eigenvalue weighted by molar-refractivity contribution is 0.506. The number of aryl methyl sites for hydroxylation is 2. The summed E-state index contributed by atoms with van der Waals surface area (Å²) in [6.07, 6.45) is 4.50. The molecule has 0 spiro atoms. The maximum atomic E-state index is 6.05. The number of fused-ring (bicyclic) bond motifs is 2. The van der Waals surface area contributed by atoms with E-state index < -0.39 is 0 Å². The molecule has 5 heteroatoms. The van der Waals surface area contributed by atoms with Gasteiger partial charge >= 0.3 is 0 Å². The Labute approximate surface area is 123 Å². The minimum Gasteiger partial charge on any atom is -0.314 e. The summed E-state index contributed by atoms with van der Waals surface area (Å²) in [6, 6.07) is 6.63. The smallest absolute Gasteiger partial charge is 0.147 e. The summed E-state index contributed by atoms with van der Waals surface area (Å²) in [5, 5.41) is 13.0. The summed E-state index contributed by atoms with van der Waals surface area (Å²) < 4.78 is 2.25. The number of nitrogens with zero attached hydrogens (tertiary/aromatic N) is 3. The van der Waals surface area contributed by atoms with Gasteiger partial charge in [-0.05, 0) is 42.5 Å². The zero-order valence-electron chi connectivity index (χ0n) is 11.3. The number of hydrogen-bond acceptors (Lipinski definition) is 3. The zero-order valence-corrected chi connectivity index (χ0v) is 12.0. The summed E-state index contributed by atoms with van der Waals surface area (Å²) >= 11 is 6.05. The molecular formula is C15H17ClN4. The van der Waals surface area contributed by atoms with Gasteiger partial charge in [0, 0.05) is 24.0 Å². The molecule has 1 aromatic carbocycles. The van der Waals surface area contributed by atoms with E-state index in [1.165, 1.54) is 17.5 Å². The van der Waals surface area contributed by atoms with Crippen LogP contribution in [0.15, 0.2) is 18.2 Å². The van der Waals surface area contributed by atoms with Gasteiger partial charge in [-0.25, -0.2) is 0 Å². The van der Waals surface area contributed by atoms with Crippen molar-refractivity contribution in [2.75, 3.05) is 0 Å². The molecule has 1 aromatic heterocycles. The van der Waals surface area contributed by atoms with Crippen LogP contribution in [-0.2, 0) is 25.9 Å². The maximum Gasteiger partial charge on any atom is 0.147 e. The fourth-order valence-corrected chi connectivity index (χ4v) is 3.55. The van der Waals surface area contributed by atoms with Gasteiger partial charge < -0.3 is 9.88 Å². The van der Waals surface area contributed by atoms with Crippen LogP contribution in [0.2, 0.25) is 5.02 Å². The molecule has 0 unspecified atom stereocenters. The number of aromatic nitrogens is 3. The maximum absolute atomic E-state index is 6.05. The Bertz CT molecular complexity index is 649. The quantitative estimate of drug-likeness (QED) is 0.944. The second-order valence-electron chi connectivity index (χ2n) is 5.60. The standard InChI is InChI=1S/C15H17ClN4/c16-11-4-5-12-10(8-11)3-6-13(12)17-9-15-19-18-14-2-1-7-20(14)15/h4-5,8,13,17H,1-3,6-7,9H2/t13-/m0/s1. The van der Waals surface area contributed by atoms with Crippen LogP contribution in [0.3, 0.4) is 0 Å². The van der Waals surface area contributed by atoms with Crippen LogP contribution in [0, 0.1) is 0 Å². The molecule has 1 atom stereocenters. The molecule has 2 aliphatic rings. The second kappa shape index (κ2) is 4.86. The van der Waals surface area contributed by atoms with Gasteiger partial charge in [0.25, 0.3) is 0 Å². The number of nitrogens with one attached hydrogen (secondary N) is 1. The number of halogens is 1. The molecule has 20 heavy (non-hydrogen) atoms. The predicted octanol–water partition coefficient (Wildman–Crippen LogP) is 2.65. The summed E-state index contributed by atoms with van der Waals surface area (Å²) in [4.78, 5) is 0. The van der Waals surface area contributed by atoms with E-state index >= 15 is 0 Å². The molecule has 1 N–H and O–H groups in total. The first kappa shape index (κ1) is 12.4. The average molecular weight is 289 g/mol. The van der Waals surface area contributed by atoms with Crippen LogP contribution < -0.4 is 5.32 Å². The molecular weight excluding hydrogens is 272 g/mol. The van der Waals surface area contributed by atoms with Crippen LogP contribution in [0.1, 0.15) is 41.7 Å². The Morgan fingerprint density at radius 2 is 2.25 bits per heavy atom. The van der Waals surface area contributed by atoms with Crippen LogP contribution in [0.25, 0.3) is 0 Å². The van der Waals surface area contributed by atoms with Gasteiger partial charge in [0.15, 0.2) is 0 Å². The van der Waals surface area contributed by atoms with E-state index in [1.54, 1.807) is 0 Å². The van der Waals surface area contributed by atoms with Gasteiger partial charge in [-0.15, -0.1) is 10.2 Å². The average Bonchev–Trinajstić information content (AvgIpc) is 3.11.